The van der Waals surface area contributed by atoms with Gasteiger partial charge in [0.15, 0.2) is 11.4 Å². The molecule has 0 bridgehead atoms. The topological polar surface area (TPSA) is 85.8 Å². The van der Waals surface area contributed by atoms with Crippen LogP contribution in [0.1, 0.15) is 13.8 Å². The fraction of sp³-hybridized carbons (Fsp3) is 0.667. The standard InChI is InChI=1S/C6H9N5O2/c1-5(2)10-6(3-7)9(4-8-10)11(12)13/h4-6H,1-2H3. The zero-order valence-corrected chi connectivity index (χ0v) is 7.28. The van der Waals surface area contributed by atoms with Gasteiger partial charge in [-0.1, -0.05) is 0 Å². The fourth-order valence-electron chi connectivity index (χ4n) is 1.03. The molecule has 13 heavy (non-hydrogen) atoms. The highest BCUT2D eigenvalue weighted by molar-refractivity contribution is 5.56. The van der Waals surface area contributed by atoms with E-state index in [1.165, 1.54) is 5.01 Å². The molecule has 0 spiro atoms. The molecule has 70 valence electrons. The van der Waals surface area contributed by atoms with Gasteiger partial charge in [-0.05, 0) is 18.9 Å². The van der Waals surface area contributed by atoms with E-state index in [0.29, 0.717) is 5.01 Å². The highest BCUT2D eigenvalue weighted by atomic mass is 16.7. The maximum Gasteiger partial charge on any atom is 0.269 e. The van der Waals surface area contributed by atoms with Crippen LogP contribution in [0.4, 0.5) is 0 Å². The van der Waals surface area contributed by atoms with Gasteiger partial charge >= 0.3 is 0 Å². The molecule has 7 nitrogen and oxygen atoms in total. The van der Waals surface area contributed by atoms with Gasteiger partial charge in [0.25, 0.3) is 6.17 Å². The third-order valence-corrected chi connectivity index (χ3v) is 1.64. The molecule has 7 heteroatoms. The van der Waals surface area contributed by atoms with Gasteiger partial charge in [0.1, 0.15) is 6.07 Å². The zero-order valence-electron chi connectivity index (χ0n) is 7.28. The molecule has 0 saturated carbocycles. The van der Waals surface area contributed by atoms with Crippen LogP contribution in [0.2, 0.25) is 0 Å². The van der Waals surface area contributed by atoms with E-state index in [1.54, 1.807) is 0 Å². The lowest BCUT2D eigenvalue weighted by Crippen LogP contribution is -2.44. The van der Waals surface area contributed by atoms with Gasteiger partial charge in [-0.3, -0.25) is 5.01 Å². The summed E-state index contributed by atoms with van der Waals surface area (Å²) in [5.41, 5.74) is 0. The van der Waals surface area contributed by atoms with Crippen LogP contribution < -0.4 is 0 Å². The summed E-state index contributed by atoms with van der Waals surface area (Å²) < 4.78 is 0. The first kappa shape index (κ1) is 9.25. The van der Waals surface area contributed by atoms with E-state index in [9.17, 15) is 10.1 Å². The lowest BCUT2D eigenvalue weighted by Gasteiger charge is -2.22. The van der Waals surface area contributed by atoms with Gasteiger partial charge in [-0.25, -0.2) is 10.1 Å². The van der Waals surface area contributed by atoms with E-state index < -0.39 is 11.2 Å². The lowest BCUT2D eigenvalue weighted by molar-refractivity contribution is -0.635. The van der Waals surface area contributed by atoms with Crippen LogP contribution in [-0.2, 0) is 0 Å². The van der Waals surface area contributed by atoms with Gasteiger partial charge in [0.05, 0.1) is 0 Å². The van der Waals surface area contributed by atoms with Gasteiger partial charge in [-0.2, -0.15) is 10.4 Å². The van der Waals surface area contributed by atoms with Crippen molar-refractivity contribution < 1.29 is 5.03 Å². The molecule has 0 saturated heterocycles. The lowest BCUT2D eigenvalue weighted by atomic mass is 10.3. The summed E-state index contributed by atoms with van der Waals surface area (Å²) in [5, 5.41) is 24.3. The van der Waals surface area contributed by atoms with Crippen LogP contribution in [0.25, 0.3) is 0 Å². The molecule has 0 radical (unpaired) electrons. The largest absolute Gasteiger partial charge is 0.269 e. The van der Waals surface area contributed by atoms with Crippen LogP contribution in [0, 0.1) is 21.4 Å². The Hall–Kier alpha value is -1.84. The third kappa shape index (κ3) is 1.51. The number of nitrogens with zero attached hydrogens (tertiary/aromatic N) is 5. The molecular formula is C6H9N5O2. The molecule has 1 atom stereocenters. The fourth-order valence-corrected chi connectivity index (χ4v) is 1.03. The Morgan fingerprint density at radius 2 is 2.38 bits per heavy atom. The van der Waals surface area contributed by atoms with Crippen molar-refractivity contribution in [2.45, 2.75) is 26.1 Å². The first-order chi connectivity index (χ1) is 6.07. The van der Waals surface area contributed by atoms with Crippen LogP contribution >= 0.6 is 0 Å². The van der Waals surface area contributed by atoms with Gasteiger partial charge in [0.2, 0.25) is 0 Å². The van der Waals surface area contributed by atoms with Gasteiger partial charge < -0.3 is 0 Å². The van der Waals surface area contributed by atoms with Gasteiger partial charge in [-0.15, -0.1) is 0 Å². The van der Waals surface area contributed by atoms with Crippen molar-refractivity contribution in [3.8, 4) is 6.07 Å². The van der Waals surface area contributed by atoms with Crippen LogP contribution in [0.15, 0.2) is 5.10 Å². The average molecular weight is 183 g/mol. The van der Waals surface area contributed by atoms with Crippen LogP contribution in [0.3, 0.4) is 0 Å². The van der Waals surface area contributed by atoms with E-state index in [0.717, 1.165) is 6.34 Å². The molecule has 1 aliphatic rings. The number of hydrogen-bond donors (Lipinski definition) is 0. The molecule has 0 aromatic heterocycles. The highest BCUT2D eigenvalue weighted by Gasteiger charge is 2.37. The number of nitriles is 1. The number of hydrazone groups is 1. The van der Waals surface area contributed by atoms with Crippen molar-refractivity contribution in [3.63, 3.8) is 0 Å². The Labute approximate surface area is 75.0 Å². The molecule has 1 aliphatic heterocycles. The molecule has 1 unspecified atom stereocenters. The number of hydrazine groups is 1. The molecule has 0 fully saturated rings. The Morgan fingerprint density at radius 3 is 2.77 bits per heavy atom. The van der Waals surface area contributed by atoms with E-state index in [2.05, 4.69) is 5.10 Å². The van der Waals surface area contributed by atoms with Crippen molar-refractivity contribution >= 4 is 6.34 Å². The van der Waals surface area contributed by atoms with Crippen molar-refractivity contribution in [2.24, 2.45) is 5.10 Å². The maximum atomic E-state index is 10.4. The Morgan fingerprint density at radius 1 is 1.77 bits per heavy atom. The van der Waals surface area contributed by atoms with Crippen molar-refractivity contribution in [3.05, 3.63) is 10.1 Å². The average Bonchev–Trinajstić information content (AvgIpc) is 2.46. The Balaban J connectivity index is 2.82. The highest BCUT2D eigenvalue weighted by Crippen LogP contribution is 2.14. The van der Waals surface area contributed by atoms with Crippen molar-refractivity contribution in [1.82, 2.24) is 10.0 Å². The summed E-state index contributed by atoms with van der Waals surface area (Å²) in [7, 11) is 0. The normalized spacial score (nSPS) is 20.9. The van der Waals surface area contributed by atoms with E-state index in [4.69, 9.17) is 5.26 Å². The van der Waals surface area contributed by atoms with Crippen molar-refractivity contribution in [1.29, 1.82) is 5.26 Å². The molecule has 1 heterocycles. The van der Waals surface area contributed by atoms with Crippen molar-refractivity contribution in [2.75, 3.05) is 0 Å². The van der Waals surface area contributed by atoms with E-state index in [-0.39, 0.29) is 6.04 Å². The molecule has 0 aromatic rings. The summed E-state index contributed by atoms with van der Waals surface area (Å²) in [6, 6.07) is 1.78. The summed E-state index contributed by atoms with van der Waals surface area (Å²) in [6.07, 6.45) is 0.114. The van der Waals surface area contributed by atoms with Gasteiger partial charge in [0, 0.05) is 6.04 Å². The molecular weight excluding hydrogens is 174 g/mol. The van der Waals surface area contributed by atoms with E-state index in [1.807, 2.05) is 19.9 Å². The molecule has 0 amide bonds. The summed E-state index contributed by atoms with van der Waals surface area (Å²) in [4.78, 5) is 10.4. The minimum Gasteiger partial charge on any atom is -0.252 e. The molecule has 1 rings (SSSR count). The summed E-state index contributed by atoms with van der Waals surface area (Å²) in [6.45, 7) is 3.62. The van der Waals surface area contributed by atoms with E-state index >= 15 is 0 Å². The second-order valence-corrected chi connectivity index (χ2v) is 2.83. The quantitative estimate of drug-likeness (QED) is 0.444. The Kier molecular flexibility index (Phi) is 2.32. The number of hydrogen-bond acceptors (Lipinski definition) is 5. The Bertz CT molecular complexity index is 281. The predicted octanol–water partition coefficient (Wildman–Crippen LogP) is -0.00292. The molecule has 0 aliphatic carbocycles. The smallest absolute Gasteiger partial charge is 0.252 e. The number of rotatable bonds is 2. The minimum absolute atomic E-state index is 0.0363. The first-order valence-corrected chi connectivity index (χ1v) is 3.72. The third-order valence-electron chi connectivity index (χ3n) is 1.64. The predicted molar refractivity (Wildman–Crippen MR) is 43.7 cm³/mol. The SMILES string of the molecule is CC(C)N1N=CN([N+](=O)[O-])C1C#N. The zero-order chi connectivity index (χ0) is 10.0. The number of nitro groups is 1. The maximum absolute atomic E-state index is 10.4. The monoisotopic (exact) mass is 183 g/mol. The first-order valence-electron chi connectivity index (χ1n) is 3.72. The second kappa shape index (κ2) is 3.26. The molecule has 0 aromatic carbocycles. The summed E-state index contributed by atoms with van der Waals surface area (Å²) >= 11 is 0. The van der Waals surface area contributed by atoms with Crippen LogP contribution in [0.5, 0.6) is 0 Å². The molecule has 0 N–H and O–H groups in total. The van der Waals surface area contributed by atoms with Crippen LogP contribution in [-0.4, -0.2) is 33.6 Å². The summed E-state index contributed by atoms with van der Waals surface area (Å²) in [5.74, 6) is 0. The minimum atomic E-state index is -0.935. The second-order valence-electron chi connectivity index (χ2n) is 2.83.